The summed E-state index contributed by atoms with van der Waals surface area (Å²) in [5.41, 5.74) is 1.75. The van der Waals surface area contributed by atoms with Crippen LogP contribution in [0, 0.1) is 30.9 Å². The molecule has 4 nitrogen and oxygen atoms in total. The largest absolute Gasteiger partial charge is 0.276 e. The molecule has 0 N–H and O–H groups in total. The number of nitro groups is 1. The van der Waals surface area contributed by atoms with E-state index in [0.717, 1.165) is 0 Å². The molecule has 0 atom stereocenters. The lowest BCUT2D eigenvalue weighted by Gasteiger charge is -2.07. The Labute approximate surface area is 92.0 Å². The molecular formula is C10H10ClNO3. The van der Waals surface area contributed by atoms with Crippen LogP contribution in [0.1, 0.15) is 27.0 Å². The van der Waals surface area contributed by atoms with Crippen LogP contribution >= 0.6 is 11.6 Å². The summed E-state index contributed by atoms with van der Waals surface area (Å²) in [6.07, 6.45) is 0. The monoisotopic (exact) mass is 227 g/mol. The predicted octanol–water partition coefficient (Wildman–Crippen LogP) is 2.90. The summed E-state index contributed by atoms with van der Waals surface area (Å²) < 4.78 is 0. The first kappa shape index (κ1) is 11.7. The maximum absolute atomic E-state index is 11.0. The van der Waals surface area contributed by atoms with Crippen molar-refractivity contribution < 1.29 is 9.72 Å². The number of aryl methyl sites for hydroxylation is 1. The summed E-state index contributed by atoms with van der Waals surface area (Å²) in [5, 5.41) is 10.2. The molecule has 0 spiro atoms. The lowest BCUT2D eigenvalue weighted by atomic mass is 9.99. The van der Waals surface area contributed by atoms with E-state index in [-0.39, 0.29) is 11.3 Å². The SMILES string of the molecule is Cc1cc(C(=O)Cl)c(C)c([N+](=O)[O-])c1C. The van der Waals surface area contributed by atoms with Crippen molar-refractivity contribution in [3.8, 4) is 0 Å². The van der Waals surface area contributed by atoms with E-state index in [1.165, 1.54) is 6.92 Å². The van der Waals surface area contributed by atoms with Crippen molar-refractivity contribution in [1.82, 2.24) is 0 Å². The second-order valence-corrected chi connectivity index (χ2v) is 3.71. The van der Waals surface area contributed by atoms with Gasteiger partial charge in [-0.1, -0.05) is 0 Å². The van der Waals surface area contributed by atoms with E-state index in [1.54, 1.807) is 19.9 Å². The number of hydrogen-bond acceptors (Lipinski definition) is 3. The first-order chi connectivity index (χ1) is 6.86. The van der Waals surface area contributed by atoms with Gasteiger partial charge >= 0.3 is 0 Å². The van der Waals surface area contributed by atoms with Crippen LogP contribution in [0.25, 0.3) is 0 Å². The molecule has 0 bridgehead atoms. The first-order valence-corrected chi connectivity index (χ1v) is 4.69. The van der Waals surface area contributed by atoms with Gasteiger partial charge in [0.2, 0.25) is 0 Å². The number of carbonyl (C=O) groups excluding carboxylic acids is 1. The van der Waals surface area contributed by atoms with Gasteiger partial charge in [0, 0.05) is 16.7 Å². The smallest absolute Gasteiger partial charge is 0.276 e. The van der Waals surface area contributed by atoms with Gasteiger partial charge in [-0.2, -0.15) is 0 Å². The van der Waals surface area contributed by atoms with Crippen LogP contribution in [0.2, 0.25) is 0 Å². The van der Waals surface area contributed by atoms with E-state index in [0.29, 0.717) is 16.7 Å². The van der Waals surface area contributed by atoms with Crippen molar-refractivity contribution in [3.63, 3.8) is 0 Å². The standard InChI is InChI=1S/C10H10ClNO3/c1-5-4-8(10(11)13)7(3)9(6(5)2)12(14)15/h4H,1-3H3. The first-order valence-electron chi connectivity index (χ1n) is 4.31. The van der Waals surface area contributed by atoms with Crippen LogP contribution in [0.15, 0.2) is 6.07 Å². The Morgan fingerprint density at radius 2 is 1.87 bits per heavy atom. The molecule has 0 radical (unpaired) electrons. The van der Waals surface area contributed by atoms with Crippen LogP contribution in [0.5, 0.6) is 0 Å². The number of halogens is 1. The molecule has 0 amide bonds. The van der Waals surface area contributed by atoms with Crippen molar-refractivity contribution in [2.24, 2.45) is 0 Å². The van der Waals surface area contributed by atoms with Crippen LogP contribution in [0.3, 0.4) is 0 Å². The summed E-state index contributed by atoms with van der Waals surface area (Å²) in [5.74, 6) is 0. The van der Waals surface area contributed by atoms with E-state index in [4.69, 9.17) is 11.6 Å². The Morgan fingerprint density at radius 3 is 2.27 bits per heavy atom. The molecule has 0 unspecified atom stereocenters. The van der Waals surface area contributed by atoms with Gasteiger partial charge in [-0.05, 0) is 44.0 Å². The molecule has 0 aromatic heterocycles. The third-order valence-electron chi connectivity index (χ3n) is 2.46. The molecule has 80 valence electrons. The highest BCUT2D eigenvalue weighted by atomic mass is 35.5. The van der Waals surface area contributed by atoms with Crippen LogP contribution in [-0.2, 0) is 0 Å². The molecule has 0 aliphatic rings. The van der Waals surface area contributed by atoms with Gasteiger partial charge in [-0.25, -0.2) is 0 Å². The number of benzene rings is 1. The fraction of sp³-hybridized carbons (Fsp3) is 0.300. The lowest BCUT2D eigenvalue weighted by Crippen LogP contribution is -2.03. The van der Waals surface area contributed by atoms with Gasteiger partial charge in [0.15, 0.2) is 0 Å². The van der Waals surface area contributed by atoms with Crippen molar-refractivity contribution in [3.05, 3.63) is 38.4 Å². The third-order valence-corrected chi connectivity index (χ3v) is 2.66. The highest BCUT2D eigenvalue weighted by Crippen LogP contribution is 2.29. The Kier molecular flexibility index (Phi) is 3.09. The number of nitrogens with zero attached hydrogens (tertiary/aromatic N) is 1. The second-order valence-electron chi connectivity index (χ2n) is 3.37. The Hall–Kier alpha value is -1.42. The van der Waals surface area contributed by atoms with Crippen LogP contribution < -0.4 is 0 Å². The van der Waals surface area contributed by atoms with E-state index >= 15 is 0 Å². The summed E-state index contributed by atoms with van der Waals surface area (Å²) in [4.78, 5) is 21.4. The molecule has 1 rings (SSSR count). The third kappa shape index (κ3) is 1.99. The molecule has 0 aliphatic carbocycles. The average Bonchev–Trinajstić information content (AvgIpc) is 2.10. The highest BCUT2D eigenvalue weighted by Gasteiger charge is 2.22. The molecule has 0 saturated heterocycles. The minimum Gasteiger partial charge on any atom is -0.276 e. The molecular weight excluding hydrogens is 218 g/mol. The Morgan fingerprint density at radius 1 is 1.33 bits per heavy atom. The van der Waals surface area contributed by atoms with Crippen molar-refractivity contribution in [2.45, 2.75) is 20.8 Å². The van der Waals surface area contributed by atoms with Gasteiger partial charge < -0.3 is 0 Å². The molecule has 15 heavy (non-hydrogen) atoms. The van der Waals surface area contributed by atoms with E-state index < -0.39 is 10.2 Å². The molecule has 0 aliphatic heterocycles. The van der Waals surface area contributed by atoms with E-state index in [9.17, 15) is 14.9 Å². The predicted molar refractivity (Wildman–Crippen MR) is 57.5 cm³/mol. The molecule has 0 heterocycles. The minimum absolute atomic E-state index is 0.0287. The fourth-order valence-corrected chi connectivity index (χ4v) is 1.70. The van der Waals surface area contributed by atoms with Gasteiger partial charge in [0.1, 0.15) is 0 Å². The van der Waals surface area contributed by atoms with Crippen LogP contribution in [0.4, 0.5) is 5.69 Å². The zero-order chi connectivity index (χ0) is 11.7. The second kappa shape index (κ2) is 3.98. The molecule has 5 heteroatoms. The van der Waals surface area contributed by atoms with Gasteiger partial charge in [0.05, 0.1) is 4.92 Å². The average molecular weight is 228 g/mol. The van der Waals surface area contributed by atoms with Crippen LogP contribution in [-0.4, -0.2) is 10.2 Å². The number of hydrogen-bond donors (Lipinski definition) is 0. The lowest BCUT2D eigenvalue weighted by molar-refractivity contribution is -0.386. The zero-order valence-corrected chi connectivity index (χ0v) is 9.38. The van der Waals surface area contributed by atoms with Crippen molar-refractivity contribution in [2.75, 3.05) is 0 Å². The van der Waals surface area contributed by atoms with E-state index in [1.807, 2.05) is 0 Å². The summed E-state index contributed by atoms with van der Waals surface area (Å²) in [7, 11) is 0. The summed E-state index contributed by atoms with van der Waals surface area (Å²) >= 11 is 5.35. The summed E-state index contributed by atoms with van der Waals surface area (Å²) in [6.45, 7) is 4.90. The van der Waals surface area contributed by atoms with E-state index in [2.05, 4.69) is 0 Å². The number of rotatable bonds is 2. The zero-order valence-electron chi connectivity index (χ0n) is 8.63. The van der Waals surface area contributed by atoms with Gasteiger partial charge in [-0.15, -0.1) is 0 Å². The maximum Gasteiger partial charge on any atom is 0.276 e. The Bertz CT molecular complexity index is 454. The van der Waals surface area contributed by atoms with Crippen molar-refractivity contribution >= 4 is 22.5 Å². The normalized spacial score (nSPS) is 10.1. The Balaban J connectivity index is 3.63. The minimum atomic E-state index is -0.668. The number of nitro benzene ring substituents is 1. The van der Waals surface area contributed by atoms with Gasteiger partial charge in [0.25, 0.3) is 10.9 Å². The molecule has 1 aromatic rings. The number of carbonyl (C=O) groups is 1. The quantitative estimate of drug-likeness (QED) is 0.443. The topological polar surface area (TPSA) is 60.2 Å². The summed E-state index contributed by atoms with van der Waals surface area (Å²) in [6, 6.07) is 1.58. The maximum atomic E-state index is 11.0. The van der Waals surface area contributed by atoms with Gasteiger partial charge in [-0.3, -0.25) is 14.9 Å². The molecule has 0 fully saturated rings. The molecule has 0 saturated carbocycles. The van der Waals surface area contributed by atoms with Crippen molar-refractivity contribution in [1.29, 1.82) is 0 Å². The molecule has 1 aromatic carbocycles. The fourth-order valence-electron chi connectivity index (χ4n) is 1.51. The highest BCUT2D eigenvalue weighted by molar-refractivity contribution is 6.68.